The Bertz CT molecular complexity index is 469. The fourth-order valence-electron chi connectivity index (χ4n) is 2.26. The molecule has 1 saturated heterocycles. The average Bonchev–Trinajstić information content (AvgIpc) is 2.47. The van der Waals surface area contributed by atoms with Crippen molar-refractivity contribution in [2.45, 2.75) is 6.10 Å². The van der Waals surface area contributed by atoms with Gasteiger partial charge in [-0.3, -0.25) is 4.79 Å². The first kappa shape index (κ1) is 11.3. The molecule has 94 valence electrons. The summed E-state index contributed by atoms with van der Waals surface area (Å²) in [6.07, 6.45) is 1.84. The number of fused-ring (bicyclic) bond motifs is 1. The quantitative estimate of drug-likeness (QED) is 0.751. The number of amides is 1. The third-order valence-electron chi connectivity index (χ3n) is 3.20. The minimum absolute atomic E-state index is 0.0417. The monoisotopic (exact) mass is 245 g/mol. The fraction of sp³-hybridized carbons (Fsp3) is 0.357. The zero-order valence-electron chi connectivity index (χ0n) is 10.0. The molecule has 1 aromatic carbocycles. The number of carbonyl (C=O) groups is 1. The Hall–Kier alpha value is -1.81. The first-order valence-corrected chi connectivity index (χ1v) is 6.13. The van der Waals surface area contributed by atoms with E-state index in [2.05, 4.69) is 0 Å². The van der Waals surface area contributed by atoms with E-state index >= 15 is 0 Å². The molecule has 1 aromatic rings. The number of benzene rings is 1. The zero-order chi connectivity index (χ0) is 12.4. The zero-order valence-corrected chi connectivity index (χ0v) is 10.0. The molecule has 0 N–H and O–H groups in total. The third-order valence-corrected chi connectivity index (χ3v) is 3.20. The van der Waals surface area contributed by atoms with Crippen molar-refractivity contribution in [3.8, 4) is 0 Å². The molecule has 2 heterocycles. The Balaban J connectivity index is 1.75. The topological polar surface area (TPSA) is 38.8 Å². The summed E-state index contributed by atoms with van der Waals surface area (Å²) in [5.74, 6) is 0.915. The maximum atomic E-state index is 12.3. The van der Waals surface area contributed by atoms with Gasteiger partial charge in [-0.1, -0.05) is 18.2 Å². The van der Waals surface area contributed by atoms with Gasteiger partial charge >= 0.3 is 0 Å². The molecular formula is C14H15NO3. The van der Waals surface area contributed by atoms with Gasteiger partial charge in [-0.15, -0.1) is 0 Å². The van der Waals surface area contributed by atoms with Crippen LogP contribution < -0.4 is 0 Å². The maximum absolute atomic E-state index is 12.3. The van der Waals surface area contributed by atoms with Gasteiger partial charge in [0, 0.05) is 12.1 Å². The largest absolute Gasteiger partial charge is 0.493 e. The van der Waals surface area contributed by atoms with E-state index in [0.717, 1.165) is 5.76 Å². The Morgan fingerprint density at radius 2 is 2.06 bits per heavy atom. The normalized spacial score (nSPS) is 22.8. The van der Waals surface area contributed by atoms with Crippen molar-refractivity contribution < 1.29 is 14.3 Å². The lowest BCUT2D eigenvalue weighted by atomic mass is 10.1. The van der Waals surface area contributed by atoms with Crippen LogP contribution in [0.2, 0.25) is 0 Å². The molecular weight excluding hydrogens is 230 g/mol. The molecule has 3 rings (SSSR count). The van der Waals surface area contributed by atoms with Gasteiger partial charge in [0.15, 0.2) is 0 Å². The van der Waals surface area contributed by atoms with Gasteiger partial charge in [-0.25, -0.2) is 0 Å². The Morgan fingerprint density at radius 3 is 2.89 bits per heavy atom. The Kier molecular flexibility index (Phi) is 3.02. The highest BCUT2D eigenvalue weighted by molar-refractivity contribution is 5.94. The summed E-state index contributed by atoms with van der Waals surface area (Å²) in [5.41, 5.74) is 0.714. The van der Waals surface area contributed by atoms with Crippen LogP contribution in [0.5, 0.6) is 0 Å². The molecule has 4 nitrogen and oxygen atoms in total. The van der Waals surface area contributed by atoms with Crippen LogP contribution in [0.3, 0.4) is 0 Å². The van der Waals surface area contributed by atoms with Crippen LogP contribution in [0.4, 0.5) is 0 Å². The third kappa shape index (κ3) is 2.11. The minimum atomic E-state index is -0.0971. The molecule has 0 aromatic heterocycles. The first-order valence-electron chi connectivity index (χ1n) is 6.13. The van der Waals surface area contributed by atoms with Crippen molar-refractivity contribution in [2.75, 3.05) is 26.3 Å². The molecule has 1 amide bonds. The highest BCUT2D eigenvalue weighted by Gasteiger charge is 2.29. The second-order valence-electron chi connectivity index (χ2n) is 4.39. The SMILES string of the molecule is O=C(c1ccccc1)N1CC=C2OCCOC2C1. The van der Waals surface area contributed by atoms with Crippen LogP contribution in [-0.2, 0) is 9.47 Å². The molecule has 0 radical (unpaired) electrons. The number of carbonyl (C=O) groups excluding carboxylic acids is 1. The van der Waals surface area contributed by atoms with Crippen molar-refractivity contribution in [3.05, 3.63) is 47.7 Å². The number of hydrogen-bond acceptors (Lipinski definition) is 3. The van der Waals surface area contributed by atoms with Crippen molar-refractivity contribution in [1.29, 1.82) is 0 Å². The molecule has 0 aliphatic carbocycles. The Morgan fingerprint density at radius 1 is 1.22 bits per heavy atom. The Labute approximate surface area is 106 Å². The van der Waals surface area contributed by atoms with Crippen molar-refractivity contribution in [1.82, 2.24) is 4.90 Å². The lowest BCUT2D eigenvalue weighted by Crippen LogP contribution is -2.45. The highest BCUT2D eigenvalue weighted by atomic mass is 16.6. The van der Waals surface area contributed by atoms with Gasteiger partial charge in [0.2, 0.25) is 0 Å². The van der Waals surface area contributed by atoms with Gasteiger partial charge < -0.3 is 14.4 Å². The standard InChI is InChI=1S/C14H15NO3/c16-14(11-4-2-1-3-5-11)15-7-6-12-13(10-15)18-9-8-17-12/h1-6,13H,7-10H2. The van der Waals surface area contributed by atoms with E-state index in [9.17, 15) is 4.79 Å². The van der Waals surface area contributed by atoms with E-state index < -0.39 is 0 Å². The van der Waals surface area contributed by atoms with Gasteiger partial charge in [0.05, 0.1) is 13.2 Å². The first-order chi connectivity index (χ1) is 8.84. The van der Waals surface area contributed by atoms with Gasteiger partial charge in [-0.2, -0.15) is 0 Å². The number of hydrogen-bond donors (Lipinski definition) is 0. The van der Waals surface area contributed by atoms with Crippen LogP contribution in [-0.4, -0.2) is 43.2 Å². The van der Waals surface area contributed by atoms with Gasteiger partial charge in [0.1, 0.15) is 18.5 Å². The molecule has 1 atom stereocenters. The van der Waals surface area contributed by atoms with E-state index in [4.69, 9.17) is 9.47 Å². The summed E-state index contributed by atoms with van der Waals surface area (Å²) in [7, 11) is 0. The average molecular weight is 245 g/mol. The van der Waals surface area contributed by atoms with E-state index in [-0.39, 0.29) is 12.0 Å². The summed E-state index contributed by atoms with van der Waals surface area (Å²) >= 11 is 0. The van der Waals surface area contributed by atoms with Crippen molar-refractivity contribution >= 4 is 5.91 Å². The summed E-state index contributed by atoms with van der Waals surface area (Å²) in [5, 5.41) is 0. The predicted octanol–water partition coefficient (Wildman–Crippen LogP) is 1.44. The van der Waals surface area contributed by atoms with Crippen molar-refractivity contribution in [2.24, 2.45) is 0 Å². The molecule has 0 bridgehead atoms. The van der Waals surface area contributed by atoms with E-state index in [1.165, 1.54) is 0 Å². The summed E-state index contributed by atoms with van der Waals surface area (Å²) in [6, 6.07) is 9.32. The fourth-order valence-corrected chi connectivity index (χ4v) is 2.26. The van der Waals surface area contributed by atoms with E-state index in [0.29, 0.717) is 31.9 Å². The summed E-state index contributed by atoms with van der Waals surface area (Å²) < 4.78 is 11.1. The molecule has 18 heavy (non-hydrogen) atoms. The number of rotatable bonds is 1. The number of ether oxygens (including phenoxy) is 2. The summed E-state index contributed by atoms with van der Waals surface area (Å²) in [4.78, 5) is 14.1. The van der Waals surface area contributed by atoms with Crippen LogP contribution in [0.25, 0.3) is 0 Å². The molecule has 2 aliphatic rings. The molecule has 0 spiro atoms. The van der Waals surface area contributed by atoms with Gasteiger partial charge in [0.25, 0.3) is 5.91 Å². The smallest absolute Gasteiger partial charge is 0.254 e. The van der Waals surface area contributed by atoms with Crippen molar-refractivity contribution in [3.63, 3.8) is 0 Å². The molecule has 1 unspecified atom stereocenters. The van der Waals surface area contributed by atoms with Crippen LogP contribution in [0, 0.1) is 0 Å². The van der Waals surface area contributed by atoms with E-state index in [1.54, 1.807) is 4.90 Å². The summed E-state index contributed by atoms with van der Waals surface area (Å²) in [6.45, 7) is 2.35. The van der Waals surface area contributed by atoms with E-state index in [1.807, 2.05) is 36.4 Å². The van der Waals surface area contributed by atoms with Crippen LogP contribution in [0.15, 0.2) is 42.2 Å². The maximum Gasteiger partial charge on any atom is 0.254 e. The molecule has 0 saturated carbocycles. The second-order valence-corrected chi connectivity index (χ2v) is 4.39. The predicted molar refractivity (Wildman–Crippen MR) is 66.1 cm³/mol. The lowest BCUT2D eigenvalue weighted by molar-refractivity contribution is -0.0574. The van der Waals surface area contributed by atoms with Gasteiger partial charge in [-0.05, 0) is 18.2 Å². The lowest BCUT2D eigenvalue weighted by Gasteiger charge is -2.35. The number of nitrogens with zero attached hydrogens (tertiary/aromatic N) is 1. The van der Waals surface area contributed by atoms with Crippen LogP contribution in [0.1, 0.15) is 10.4 Å². The minimum Gasteiger partial charge on any atom is -0.493 e. The molecule has 4 heteroatoms. The second kappa shape index (κ2) is 4.82. The highest BCUT2D eigenvalue weighted by Crippen LogP contribution is 2.20. The molecule has 2 aliphatic heterocycles. The molecule has 1 fully saturated rings. The van der Waals surface area contributed by atoms with Crippen LogP contribution >= 0.6 is 0 Å².